The van der Waals surface area contributed by atoms with Gasteiger partial charge in [0.25, 0.3) is 11.8 Å². The fourth-order valence-electron chi connectivity index (χ4n) is 2.89. The topological polar surface area (TPSA) is 77.6 Å². The van der Waals surface area contributed by atoms with Crippen molar-refractivity contribution in [2.24, 2.45) is 0 Å². The summed E-state index contributed by atoms with van der Waals surface area (Å²) >= 11 is 0. The van der Waals surface area contributed by atoms with Crippen molar-refractivity contribution in [2.75, 3.05) is 32.1 Å². The van der Waals surface area contributed by atoms with E-state index in [4.69, 9.17) is 5.26 Å². The van der Waals surface area contributed by atoms with Crippen molar-refractivity contribution >= 4 is 17.5 Å². The van der Waals surface area contributed by atoms with E-state index in [0.29, 0.717) is 12.1 Å². The Bertz CT molecular complexity index is 861. The lowest BCUT2D eigenvalue weighted by Crippen LogP contribution is -3.09. The fraction of sp³-hybridized carbons (Fsp3) is 0.286. The van der Waals surface area contributed by atoms with Gasteiger partial charge >= 0.3 is 0 Å². The largest absolute Gasteiger partial charge is 0.355 e. The summed E-state index contributed by atoms with van der Waals surface area (Å²) in [5.74, 6) is -0.892. The van der Waals surface area contributed by atoms with Crippen molar-refractivity contribution in [3.63, 3.8) is 0 Å². The normalized spacial score (nSPS) is 11.4. The van der Waals surface area contributed by atoms with Gasteiger partial charge in [0.15, 0.2) is 6.54 Å². The molecular weight excluding hydrogens is 359 g/mol. The van der Waals surface area contributed by atoms with Crippen molar-refractivity contribution in [3.8, 4) is 6.07 Å². The molecule has 0 aliphatic heterocycles. The van der Waals surface area contributed by atoms with Crippen molar-refractivity contribution in [2.45, 2.75) is 13.0 Å². The molecule has 7 heteroatoms. The Labute approximate surface area is 164 Å². The third kappa shape index (κ3) is 5.63. The Morgan fingerprint density at radius 2 is 1.86 bits per heavy atom. The van der Waals surface area contributed by atoms with Crippen LogP contribution in [-0.2, 0) is 11.3 Å². The number of halogens is 1. The number of benzene rings is 2. The van der Waals surface area contributed by atoms with Gasteiger partial charge < -0.3 is 15.1 Å². The van der Waals surface area contributed by atoms with E-state index in [1.165, 1.54) is 17.0 Å². The lowest BCUT2D eigenvalue weighted by atomic mass is 10.1. The van der Waals surface area contributed by atoms with Crippen LogP contribution in [0.4, 0.5) is 10.1 Å². The number of nitrogens with one attached hydrogen (secondary N) is 2. The molecule has 2 aromatic carbocycles. The number of para-hydroxylation sites is 1. The highest BCUT2D eigenvalue weighted by atomic mass is 19.1. The minimum atomic E-state index is -0.490. The van der Waals surface area contributed by atoms with Crippen LogP contribution in [0.1, 0.15) is 22.3 Å². The number of rotatable bonds is 8. The van der Waals surface area contributed by atoms with Gasteiger partial charge in [-0.2, -0.15) is 5.26 Å². The first kappa shape index (κ1) is 21.1. The molecule has 1 atom stereocenters. The summed E-state index contributed by atoms with van der Waals surface area (Å²) in [6.45, 7) is 0.866. The Kier molecular flexibility index (Phi) is 7.66. The van der Waals surface area contributed by atoms with E-state index < -0.39 is 5.82 Å². The van der Waals surface area contributed by atoms with E-state index >= 15 is 0 Å². The van der Waals surface area contributed by atoms with Gasteiger partial charge in [-0.3, -0.25) is 9.59 Å². The standard InChI is InChI=1S/C21H23FN4O2/c1-24-21(28)17-10-8-16(9-11-17)14-25(2)15-20(27)26(13-5-12-23)19-7-4-3-6-18(19)22/h3-4,6-11H,5,13-15H2,1-2H3,(H,24,28)/p+1. The van der Waals surface area contributed by atoms with Crippen LogP contribution < -0.4 is 15.1 Å². The number of nitriles is 1. The van der Waals surface area contributed by atoms with E-state index in [1.807, 2.05) is 25.2 Å². The van der Waals surface area contributed by atoms with Gasteiger partial charge in [-0.15, -0.1) is 0 Å². The first-order valence-electron chi connectivity index (χ1n) is 9.00. The quantitative estimate of drug-likeness (QED) is 0.718. The second kappa shape index (κ2) is 10.2. The molecule has 0 heterocycles. The second-order valence-corrected chi connectivity index (χ2v) is 6.49. The minimum absolute atomic E-state index is 0.125. The van der Waals surface area contributed by atoms with Crippen LogP contribution in [0.2, 0.25) is 0 Å². The van der Waals surface area contributed by atoms with E-state index in [2.05, 4.69) is 5.32 Å². The van der Waals surface area contributed by atoms with E-state index in [0.717, 1.165) is 10.5 Å². The number of carbonyl (C=O) groups is 2. The monoisotopic (exact) mass is 383 g/mol. The summed E-state index contributed by atoms with van der Waals surface area (Å²) in [5, 5.41) is 11.4. The SMILES string of the molecule is CNC(=O)c1ccc(C[NH+](C)CC(=O)N(CCC#N)c2ccccc2F)cc1. The van der Waals surface area contributed by atoms with Crippen molar-refractivity contribution in [1.82, 2.24) is 5.32 Å². The Balaban J connectivity index is 2.05. The van der Waals surface area contributed by atoms with E-state index in [1.54, 1.807) is 31.3 Å². The van der Waals surface area contributed by atoms with Crippen LogP contribution in [0.15, 0.2) is 48.5 Å². The zero-order valence-electron chi connectivity index (χ0n) is 16.0. The summed E-state index contributed by atoms with van der Waals surface area (Å²) < 4.78 is 14.1. The summed E-state index contributed by atoms with van der Waals surface area (Å²) in [6.07, 6.45) is 0.125. The minimum Gasteiger partial charge on any atom is -0.355 e. The molecule has 2 N–H and O–H groups in total. The predicted molar refractivity (Wildman–Crippen MR) is 104 cm³/mol. The maximum Gasteiger partial charge on any atom is 0.282 e. The zero-order chi connectivity index (χ0) is 20.5. The molecule has 0 bridgehead atoms. The van der Waals surface area contributed by atoms with Crippen LogP contribution in [-0.4, -0.2) is 39.0 Å². The molecule has 0 aliphatic rings. The average molecular weight is 383 g/mol. The van der Waals surface area contributed by atoms with Gasteiger partial charge in [0.2, 0.25) is 0 Å². The average Bonchev–Trinajstić information content (AvgIpc) is 2.69. The van der Waals surface area contributed by atoms with Crippen LogP contribution in [0, 0.1) is 17.1 Å². The Morgan fingerprint density at radius 1 is 1.18 bits per heavy atom. The number of amides is 2. The van der Waals surface area contributed by atoms with Crippen LogP contribution in [0.3, 0.4) is 0 Å². The van der Waals surface area contributed by atoms with E-state index in [9.17, 15) is 14.0 Å². The lowest BCUT2D eigenvalue weighted by molar-refractivity contribution is -0.885. The van der Waals surface area contributed by atoms with Gasteiger partial charge in [0.05, 0.1) is 25.2 Å². The van der Waals surface area contributed by atoms with Gasteiger partial charge in [0.1, 0.15) is 12.4 Å². The molecule has 2 rings (SSSR count). The molecule has 0 saturated heterocycles. The number of quaternary nitrogens is 1. The highest BCUT2D eigenvalue weighted by Crippen LogP contribution is 2.18. The van der Waals surface area contributed by atoms with Gasteiger partial charge in [0, 0.05) is 24.7 Å². The molecule has 0 fully saturated rings. The molecule has 0 aromatic heterocycles. The van der Waals surface area contributed by atoms with E-state index in [-0.39, 0.29) is 37.0 Å². The summed E-state index contributed by atoms with van der Waals surface area (Å²) in [4.78, 5) is 26.6. The molecular formula is C21H24FN4O2+. The molecule has 0 aliphatic carbocycles. The third-order valence-electron chi connectivity index (χ3n) is 4.29. The number of carbonyl (C=O) groups excluding carboxylic acids is 2. The number of likely N-dealkylation sites (N-methyl/N-ethyl adjacent to an activating group) is 1. The van der Waals surface area contributed by atoms with Crippen molar-refractivity contribution in [1.29, 1.82) is 5.26 Å². The summed E-state index contributed by atoms with van der Waals surface area (Å²) in [6, 6.07) is 15.2. The van der Waals surface area contributed by atoms with Crippen molar-refractivity contribution < 1.29 is 18.9 Å². The molecule has 2 amide bonds. The molecule has 146 valence electrons. The zero-order valence-corrected chi connectivity index (χ0v) is 16.0. The molecule has 0 spiro atoms. The van der Waals surface area contributed by atoms with Gasteiger partial charge in [-0.05, 0) is 24.3 Å². The van der Waals surface area contributed by atoms with Crippen molar-refractivity contribution in [3.05, 3.63) is 65.5 Å². The molecule has 0 radical (unpaired) electrons. The van der Waals surface area contributed by atoms with Crippen LogP contribution in [0.5, 0.6) is 0 Å². The van der Waals surface area contributed by atoms with Crippen LogP contribution >= 0.6 is 0 Å². The van der Waals surface area contributed by atoms with Crippen LogP contribution in [0.25, 0.3) is 0 Å². The summed E-state index contributed by atoms with van der Waals surface area (Å²) in [7, 11) is 3.45. The number of hydrogen-bond acceptors (Lipinski definition) is 3. The molecule has 0 saturated carbocycles. The predicted octanol–water partition coefficient (Wildman–Crippen LogP) is 1.15. The maximum atomic E-state index is 14.1. The highest BCUT2D eigenvalue weighted by Gasteiger charge is 2.22. The fourth-order valence-corrected chi connectivity index (χ4v) is 2.89. The van der Waals surface area contributed by atoms with Gasteiger partial charge in [-0.25, -0.2) is 4.39 Å². The first-order valence-corrected chi connectivity index (χ1v) is 9.00. The number of hydrogen-bond donors (Lipinski definition) is 2. The molecule has 28 heavy (non-hydrogen) atoms. The first-order chi connectivity index (χ1) is 13.5. The number of anilines is 1. The molecule has 6 nitrogen and oxygen atoms in total. The third-order valence-corrected chi connectivity index (χ3v) is 4.29. The maximum absolute atomic E-state index is 14.1. The lowest BCUT2D eigenvalue weighted by Gasteiger charge is -2.24. The Morgan fingerprint density at radius 3 is 2.46 bits per heavy atom. The van der Waals surface area contributed by atoms with Gasteiger partial charge in [-0.1, -0.05) is 24.3 Å². The molecule has 1 unspecified atom stereocenters. The number of nitrogens with zero attached hydrogens (tertiary/aromatic N) is 2. The summed E-state index contributed by atoms with van der Waals surface area (Å²) in [5.41, 5.74) is 1.74. The molecule has 2 aromatic rings. The smallest absolute Gasteiger partial charge is 0.282 e. The second-order valence-electron chi connectivity index (χ2n) is 6.49. The highest BCUT2D eigenvalue weighted by molar-refractivity contribution is 5.94. The Hall–Kier alpha value is -3.24.